The summed E-state index contributed by atoms with van der Waals surface area (Å²) in [6.07, 6.45) is 1.95. The van der Waals surface area contributed by atoms with E-state index < -0.39 is 17.9 Å². The Kier molecular flexibility index (Phi) is 3.69. The number of nitrogens with zero attached hydrogens (tertiary/aromatic N) is 1. The topological polar surface area (TPSA) is 98.7 Å². The van der Waals surface area contributed by atoms with Crippen molar-refractivity contribution in [1.82, 2.24) is 15.5 Å². The van der Waals surface area contributed by atoms with E-state index >= 15 is 0 Å². The van der Waals surface area contributed by atoms with Crippen LogP contribution in [0.2, 0.25) is 0 Å². The number of amides is 3. The number of carboxylic acid groups (broad SMARTS) is 1. The fraction of sp³-hybridized carbons (Fsp3) is 0.727. The van der Waals surface area contributed by atoms with Crippen molar-refractivity contribution in [2.45, 2.75) is 25.3 Å². The second kappa shape index (κ2) is 5.24. The van der Waals surface area contributed by atoms with E-state index in [2.05, 4.69) is 10.6 Å². The quantitative estimate of drug-likeness (QED) is 0.612. The van der Waals surface area contributed by atoms with Gasteiger partial charge in [0, 0.05) is 19.6 Å². The predicted molar refractivity (Wildman–Crippen MR) is 61.9 cm³/mol. The van der Waals surface area contributed by atoms with Gasteiger partial charge in [0.1, 0.15) is 6.04 Å². The number of urea groups is 1. The van der Waals surface area contributed by atoms with E-state index in [4.69, 9.17) is 5.11 Å². The number of carbonyl (C=O) groups excluding carboxylic acids is 2. The Balaban J connectivity index is 1.85. The third kappa shape index (κ3) is 2.72. The van der Waals surface area contributed by atoms with E-state index in [9.17, 15) is 14.4 Å². The summed E-state index contributed by atoms with van der Waals surface area (Å²) >= 11 is 0. The zero-order valence-corrected chi connectivity index (χ0v) is 10.0. The van der Waals surface area contributed by atoms with Crippen LogP contribution in [0.25, 0.3) is 0 Å². The van der Waals surface area contributed by atoms with E-state index in [0.717, 1.165) is 6.42 Å². The van der Waals surface area contributed by atoms with Gasteiger partial charge in [-0.2, -0.15) is 0 Å². The standard InChI is InChI=1S/C11H17N3O4/c15-9-8(2-1-4-12-9)13-11(18)14-5-3-7(6-14)10(16)17/h7-8H,1-6H2,(H,12,15)(H,13,18)(H,16,17). The molecule has 2 atom stereocenters. The fourth-order valence-electron chi connectivity index (χ4n) is 2.30. The number of rotatable bonds is 2. The van der Waals surface area contributed by atoms with Gasteiger partial charge in [0.05, 0.1) is 5.92 Å². The van der Waals surface area contributed by atoms with E-state index in [1.165, 1.54) is 4.90 Å². The molecule has 0 aromatic carbocycles. The summed E-state index contributed by atoms with van der Waals surface area (Å²) in [5.74, 6) is -1.53. The van der Waals surface area contributed by atoms with Crippen molar-refractivity contribution in [3.63, 3.8) is 0 Å². The first-order valence-corrected chi connectivity index (χ1v) is 6.14. The lowest BCUT2D eigenvalue weighted by molar-refractivity contribution is -0.141. The molecule has 0 saturated carbocycles. The van der Waals surface area contributed by atoms with Crippen LogP contribution in [-0.2, 0) is 9.59 Å². The van der Waals surface area contributed by atoms with Crippen LogP contribution in [0.15, 0.2) is 0 Å². The molecule has 2 saturated heterocycles. The van der Waals surface area contributed by atoms with Crippen LogP contribution in [0, 0.1) is 5.92 Å². The van der Waals surface area contributed by atoms with Gasteiger partial charge in [-0.15, -0.1) is 0 Å². The average molecular weight is 255 g/mol. The van der Waals surface area contributed by atoms with Gasteiger partial charge in [-0.25, -0.2) is 4.79 Å². The predicted octanol–water partition coefficient (Wildman–Crippen LogP) is -0.619. The van der Waals surface area contributed by atoms with Crippen LogP contribution in [0.4, 0.5) is 4.79 Å². The molecule has 18 heavy (non-hydrogen) atoms. The number of nitrogens with one attached hydrogen (secondary N) is 2. The Labute approximate surface area is 105 Å². The summed E-state index contributed by atoms with van der Waals surface area (Å²) in [6.45, 7) is 1.29. The second-order valence-electron chi connectivity index (χ2n) is 4.71. The smallest absolute Gasteiger partial charge is 0.318 e. The van der Waals surface area contributed by atoms with Gasteiger partial charge in [0.2, 0.25) is 5.91 Å². The first-order chi connectivity index (χ1) is 8.58. The Bertz CT molecular complexity index is 371. The summed E-state index contributed by atoms with van der Waals surface area (Å²) in [5.41, 5.74) is 0. The lowest BCUT2D eigenvalue weighted by Crippen LogP contribution is -2.53. The van der Waals surface area contributed by atoms with Crippen molar-refractivity contribution in [3.8, 4) is 0 Å². The number of carboxylic acids is 1. The van der Waals surface area contributed by atoms with Crippen molar-refractivity contribution in [2.24, 2.45) is 5.92 Å². The monoisotopic (exact) mass is 255 g/mol. The third-order valence-electron chi connectivity index (χ3n) is 3.41. The van der Waals surface area contributed by atoms with E-state index in [0.29, 0.717) is 25.9 Å². The fourth-order valence-corrected chi connectivity index (χ4v) is 2.30. The summed E-state index contributed by atoms with van der Waals surface area (Å²) in [6, 6.07) is -0.837. The number of hydrogen-bond donors (Lipinski definition) is 3. The van der Waals surface area contributed by atoms with Gasteiger partial charge in [-0.3, -0.25) is 9.59 Å². The Morgan fingerprint density at radius 3 is 2.78 bits per heavy atom. The molecule has 2 fully saturated rings. The third-order valence-corrected chi connectivity index (χ3v) is 3.41. The Morgan fingerprint density at radius 1 is 1.39 bits per heavy atom. The lowest BCUT2D eigenvalue weighted by Gasteiger charge is -2.25. The van der Waals surface area contributed by atoms with Crippen LogP contribution in [0.1, 0.15) is 19.3 Å². The molecule has 2 heterocycles. The highest BCUT2D eigenvalue weighted by Gasteiger charge is 2.32. The van der Waals surface area contributed by atoms with Gasteiger partial charge >= 0.3 is 12.0 Å². The van der Waals surface area contributed by atoms with Crippen molar-refractivity contribution >= 4 is 17.9 Å². The molecule has 3 amide bonds. The first-order valence-electron chi connectivity index (χ1n) is 6.14. The van der Waals surface area contributed by atoms with Crippen molar-refractivity contribution in [3.05, 3.63) is 0 Å². The molecule has 0 aliphatic carbocycles. The maximum absolute atomic E-state index is 11.9. The molecule has 0 aromatic rings. The maximum Gasteiger partial charge on any atom is 0.318 e. The molecule has 0 spiro atoms. The Morgan fingerprint density at radius 2 is 2.17 bits per heavy atom. The normalized spacial score (nSPS) is 27.8. The highest BCUT2D eigenvalue weighted by Crippen LogP contribution is 2.16. The van der Waals surface area contributed by atoms with E-state index in [1.807, 2.05) is 0 Å². The van der Waals surface area contributed by atoms with Gasteiger partial charge in [-0.05, 0) is 19.3 Å². The van der Waals surface area contributed by atoms with Crippen LogP contribution in [-0.4, -0.2) is 53.6 Å². The molecule has 2 aliphatic rings. The van der Waals surface area contributed by atoms with Crippen molar-refractivity contribution in [2.75, 3.05) is 19.6 Å². The Hall–Kier alpha value is -1.79. The number of hydrogen-bond acceptors (Lipinski definition) is 3. The van der Waals surface area contributed by atoms with Crippen molar-refractivity contribution in [1.29, 1.82) is 0 Å². The lowest BCUT2D eigenvalue weighted by atomic mass is 10.1. The first kappa shape index (κ1) is 12.7. The highest BCUT2D eigenvalue weighted by molar-refractivity contribution is 5.87. The number of aliphatic carboxylic acids is 1. The zero-order valence-electron chi connectivity index (χ0n) is 10.0. The minimum atomic E-state index is -0.874. The average Bonchev–Trinajstić information content (AvgIpc) is 2.81. The molecule has 2 rings (SSSR count). The zero-order chi connectivity index (χ0) is 13.1. The summed E-state index contributed by atoms with van der Waals surface area (Å²) in [7, 11) is 0. The van der Waals surface area contributed by atoms with Crippen LogP contribution in [0.5, 0.6) is 0 Å². The minimum Gasteiger partial charge on any atom is -0.481 e. The van der Waals surface area contributed by atoms with Gasteiger partial charge < -0.3 is 20.6 Å². The summed E-state index contributed by atoms with van der Waals surface area (Å²) < 4.78 is 0. The number of likely N-dealkylation sites (tertiary alicyclic amines) is 1. The van der Waals surface area contributed by atoms with Crippen LogP contribution in [0.3, 0.4) is 0 Å². The second-order valence-corrected chi connectivity index (χ2v) is 4.71. The highest BCUT2D eigenvalue weighted by atomic mass is 16.4. The summed E-state index contributed by atoms with van der Waals surface area (Å²) in [5, 5.41) is 14.2. The van der Waals surface area contributed by atoms with E-state index in [1.54, 1.807) is 0 Å². The molecule has 0 aromatic heterocycles. The number of carbonyl (C=O) groups is 3. The van der Waals surface area contributed by atoms with Crippen LogP contribution >= 0.6 is 0 Å². The SMILES string of the molecule is O=C(O)C1CCN(C(=O)NC2CCCNC2=O)C1. The maximum atomic E-state index is 11.9. The van der Waals surface area contributed by atoms with Crippen molar-refractivity contribution < 1.29 is 19.5 Å². The molecule has 7 nitrogen and oxygen atoms in total. The van der Waals surface area contributed by atoms with Gasteiger partial charge in [0.25, 0.3) is 0 Å². The van der Waals surface area contributed by atoms with Gasteiger partial charge in [-0.1, -0.05) is 0 Å². The summed E-state index contributed by atoms with van der Waals surface area (Å²) in [4.78, 5) is 35.6. The van der Waals surface area contributed by atoms with E-state index in [-0.39, 0.29) is 18.5 Å². The molecular weight excluding hydrogens is 238 g/mol. The van der Waals surface area contributed by atoms with Crippen LogP contribution < -0.4 is 10.6 Å². The molecular formula is C11H17N3O4. The van der Waals surface area contributed by atoms with Gasteiger partial charge in [0.15, 0.2) is 0 Å². The minimum absolute atomic E-state index is 0.163. The molecule has 2 unspecified atom stereocenters. The molecule has 2 aliphatic heterocycles. The molecule has 0 bridgehead atoms. The molecule has 3 N–H and O–H groups in total. The largest absolute Gasteiger partial charge is 0.481 e. The molecule has 7 heteroatoms. The number of piperidine rings is 1. The molecule has 100 valence electrons. The molecule has 0 radical (unpaired) electrons.